The molecule has 286 valence electrons. The number of aryl methyl sites for hydroxylation is 1. The first kappa shape index (κ1) is 39.9. The lowest BCUT2D eigenvalue weighted by atomic mass is 10.1. The number of hydrogen-bond acceptors (Lipinski definition) is 15. The van der Waals surface area contributed by atoms with Crippen LogP contribution in [0.1, 0.15) is 23.7 Å². The van der Waals surface area contributed by atoms with Gasteiger partial charge in [0.2, 0.25) is 21.3 Å². The molecule has 54 heavy (non-hydrogen) atoms. The van der Waals surface area contributed by atoms with Crippen molar-refractivity contribution in [3.8, 4) is 11.5 Å². The highest BCUT2D eigenvalue weighted by Gasteiger charge is 2.24. The van der Waals surface area contributed by atoms with Crippen LogP contribution in [0.5, 0.6) is 11.5 Å². The third kappa shape index (κ3) is 11.4. The predicted molar refractivity (Wildman–Crippen MR) is 192 cm³/mol. The molecule has 20 heteroatoms. The molecule has 5 aromatic rings. The van der Waals surface area contributed by atoms with Crippen molar-refractivity contribution in [3.63, 3.8) is 0 Å². The number of rotatable bonds is 18. The van der Waals surface area contributed by atoms with Crippen molar-refractivity contribution >= 4 is 60.6 Å². The summed E-state index contributed by atoms with van der Waals surface area (Å²) >= 11 is -1.10. The highest BCUT2D eigenvalue weighted by atomic mass is 32.2. The molecule has 2 N–H and O–H groups in total. The van der Waals surface area contributed by atoms with E-state index in [4.69, 9.17) is 23.1 Å². The zero-order valence-electron chi connectivity index (χ0n) is 29.1. The Hall–Kier alpha value is -5.28. The van der Waals surface area contributed by atoms with E-state index in [0.29, 0.717) is 33.0 Å². The summed E-state index contributed by atoms with van der Waals surface area (Å²) in [6, 6.07) is 16.6. The fourth-order valence-corrected chi connectivity index (χ4v) is 7.24. The molecular formula is C34H35N5O12S3. The average molecular weight is 802 g/mol. The number of fused-ring (bicyclic) bond motifs is 1. The summed E-state index contributed by atoms with van der Waals surface area (Å²) in [6.07, 6.45) is 0.561. The van der Waals surface area contributed by atoms with Gasteiger partial charge in [0, 0.05) is 13.3 Å². The minimum Gasteiger partial charge on any atom is -0.490 e. The van der Waals surface area contributed by atoms with Crippen molar-refractivity contribution in [1.29, 1.82) is 0 Å². The van der Waals surface area contributed by atoms with Gasteiger partial charge in [0.05, 0.1) is 28.4 Å². The maximum atomic E-state index is 12.9. The van der Waals surface area contributed by atoms with Gasteiger partial charge in [-0.3, -0.25) is 13.8 Å². The van der Waals surface area contributed by atoms with Crippen LogP contribution in [0.2, 0.25) is 0 Å². The highest BCUT2D eigenvalue weighted by Crippen LogP contribution is 2.28. The minimum absolute atomic E-state index is 0.0311. The summed E-state index contributed by atoms with van der Waals surface area (Å²) in [7, 11) is -2.90. The molecule has 0 fully saturated rings. The van der Waals surface area contributed by atoms with Crippen LogP contribution < -0.4 is 14.8 Å². The fourth-order valence-electron chi connectivity index (χ4n) is 4.85. The Morgan fingerprint density at radius 2 is 1.72 bits per heavy atom. The molecule has 2 heterocycles. The van der Waals surface area contributed by atoms with E-state index in [9.17, 15) is 31.6 Å². The van der Waals surface area contributed by atoms with Gasteiger partial charge in [-0.25, -0.2) is 18.7 Å². The summed E-state index contributed by atoms with van der Waals surface area (Å²) in [6.45, 7) is 2.10. The summed E-state index contributed by atoms with van der Waals surface area (Å²) in [5.41, 5.74) is 2.53. The second-order valence-electron chi connectivity index (χ2n) is 11.6. The lowest BCUT2D eigenvalue weighted by Crippen LogP contribution is -2.44. The van der Waals surface area contributed by atoms with E-state index >= 15 is 0 Å². The number of nitrogens with zero attached hydrogens (tertiary/aromatic N) is 4. The molecule has 5 rings (SSSR count). The van der Waals surface area contributed by atoms with Crippen LogP contribution in [-0.4, -0.2) is 87.5 Å². The van der Waals surface area contributed by atoms with Crippen molar-refractivity contribution in [2.45, 2.75) is 54.8 Å². The zero-order chi connectivity index (χ0) is 38.8. The monoisotopic (exact) mass is 801 g/mol. The molecule has 0 saturated carbocycles. The van der Waals surface area contributed by atoms with Gasteiger partial charge in [-0.1, -0.05) is 35.0 Å². The van der Waals surface area contributed by atoms with Crippen molar-refractivity contribution in [2.24, 2.45) is 0 Å². The lowest BCUT2D eigenvalue weighted by molar-refractivity contribution is -0.149. The second-order valence-corrected chi connectivity index (χ2v) is 15.4. The minimum atomic E-state index is -4.10. The summed E-state index contributed by atoms with van der Waals surface area (Å²) < 4.78 is 74.5. The van der Waals surface area contributed by atoms with Crippen molar-refractivity contribution in [1.82, 2.24) is 25.3 Å². The molecule has 1 amide bonds. The van der Waals surface area contributed by atoms with Gasteiger partial charge in [0.25, 0.3) is 10.1 Å². The number of hydrogen-bond donors (Lipinski definition) is 2. The molecule has 0 saturated heterocycles. The van der Waals surface area contributed by atoms with Gasteiger partial charge in [-0.15, -0.1) is 16.4 Å². The Balaban J connectivity index is 1.11. The zero-order valence-corrected chi connectivity index (χ0v) is 31.5. The highest BCUT2D eigenvalue weighted by molar-refractivity contribution is 7.86. The SMILES string of the molecule is COC(=O)[C@H](Cc1ccc(OCC(COS(=O)(=O)c2ccc(C)cc2)OC(C)=O)cc1)NC(=O)Cn1cc(COc2ccc3nc(S(=O)O)sc3c2)nn1. The Kier molecular flexibility index (Phi) is 13.4. The van der Waals surface area contributed by atoms with E-state index in [0.717, 1.165) is 16.9 Å². The lowest BCUT2D eigenvalue weighted by Gasteiger charge is -2.18. The number of nitrogens with one attached hydrogen (secondary N) is 1. The van der Waals surface area contributed by atoms with Gasteiger partial charge in [-0.05, 0) is 55.0 Å². The number of methoxy groups -OCH3 is 1. The third-order valence-corrected chi connectivity index (χ3v) is 10.6. The smallest absolute Gasteiger partial charge is 0.328 e. The van der Waals surface area contributed by atoms with E-state index in [1.807, 2.05) is 6.92 Å². The van der Waals surface area contributed by atoms with E-state index in [2.05, 4.69) is 20.6 Å². The van der Waals surface area contributed by atoms with Crippen molar-refractivity contribution < 1.29 is 54.7 Å². The van der Waals surface area contributed by atoms with Crippen molar-refractivity contribution in [2.75, 3.05) is 20.3 Å². The molecule has 3 atom stereocenters. The molecule has 0 aliphatic rings. The van der Waals surface area contributed by atoms with E-state index in [1.54, 1.807) is 54.6 Å². The van der Waals surface area contributed by atoms with Gasteiger partial charge in [0.15, 0.2) is 6.10 Å². The molecule has 2 aromatic heterocycles. The van der Waals surface area contributed by atoms with Gasteiger partial charge in [0.1, 0.15) is 49.6 Å². The topological polar surface area (TPSA) is 224 Å². The standard InChI is InChI=1S/C34H35N5O12S3/c1-21-4-11-28(12-5-21)54(45,46)50-20-27(51-22(2)40)19-49-25-8-6-23(7-9-25)14-30(33(42)47-3)35-32(41)17-39-16-24(37-38-39)18-48-26-10-13-29-31(15-26)52-34(36-29)53(43)44/h4-13,15-16,27,30H,14,17-20H2,1-3H3,(H,35,41)(H,43,44)/t27?,30-/m0/s1. The van der Waals surface area contributed by atoms with E-state index in [1.165, 1.54) is 37.0 Å². The van der Waals surface area contributed by atoms with E-state index in [-0.39, 0.29) is 35.4 Å². The number of amides is 1. The third-order valence-electron chi connectivity index (χ3n) is 7.44. The Morgan fingerprint density at radius 1 is 1.00 bits per heavy atom. The summed E-state index contributed by atoms with van der Waals surface area (Å²) in [5.74, 6) is -1.00. The number of thiazole rings is 1. The molecular weight excluding hydrogens is 767 g/mol. The molecule has 0 aliphatic carbocycles. The second kappa shape index (κ2) is 18.2. The molecule has 3 aromatic carbocycles. The molecule has 0 bridgehead atoms. The van der Waals surface area contributed by atoms with Crippen LogP contribution in [0.4, 0.5) is 0 Å². The summed E-state index contributed by atoms with van der Waals surface area (Å²) in [5, 5.41) is 10.6. The van der Waals surface area contributed by atoms with E-state index < -0.39 is 57.8 Å². The van der Waals surface area contributed by atoms with Gasteiger partial charge < -0.3 is 28.8 Å². The van der Waals surface area contributed by atoms with Gasteiger partial charge >= 0.3 is 11.9 Å². The molecule has 0 radical (unpaired) electrons. The first-order valence-corrected chi connectivity index (χ1v) is 19.4. The molecule has 17 nitrogen and oxygen atoms in total. The molecule has 0 aliphatic heterocycles. The molecule has 2 unspecified atom stereocenters. The number of aromatic nitrogens is 4. The Morgan fingerprint density at radius 3 is 2.41 bits per heavy atom. The number of esters is 2. The maximum absolute atomic E-state index is 12.9. The van der Waals surface area contributed by atoms with Crippen LogP contribution in [0.25, 0.3) is 10.2 Å². The first-order chi connectivity index (χ1) is 25.8. The number of carbonyl (C=O) groups is 3. The first-order valence-electron chi connectivity index (χ1n) is 16.0. The predicted octanol–water partition coefficient (Wildman–Crippen LogP) is 2.97. The van der Waals surface area contributed by atoms with Gasteiger partial charge in [-0.2, -0.15) is 8.42 Å². The van der Waals surface area contributed by atoms with Crippen LogP contribution in [-0.2, 0) is 68.8 Å². The normalized spacial score (nSPS) is 13.1. The average Bonchev–Trinajstić information content (AvgIpc) is 3.78. The van der Waals surface area contributed by atoms with Crippen LogP contribution in [0, 0.1) is 6.92 Å². The Labute approximate surface area is 315 Å². The quantitative estimate of drug-likeness (QED) is 0.0738. The number of ether oxygens (including phenoxy) is 4. The van der Waals surface area contributed by atoms with Crippen LogP contribution in [0.3, 0.4) is 0 Å². The van der Waals surface area contributed by atoms with Crippen LogP contribution >= 0.6 is 11.3 Å². The number of benzene rings is 3. The van der Waals surface area contributed by atoms with Crippen molar-refractivity contribution in [3.05, 3.63) is 89.7 Å². The molecule has 0 spiro atoms. The maximum Gasteiger partial charge on any atom is 0.328 e. The summed E-state index contributed by atoms with van der Waals surface area (Å²) in [4.78, 5) is 41.2. The fraction of sp³-hybridized carbons (Fsp3) is 0.294. The van der Waals surface area contributed by atoms with Crippen LogP contribution in [0.15, 0.2) is 82.2 Å². The number of carbonyl (C=O) groups excluding carboxylic acids is 3. The largest absolute Gasteiger partial charge is 0.490 e. The Bertz CT molecular complexity index is 2220.